The summed E-state index contributed by atoms with van der Waals surface area (Å²) >= 11 is 0. The van der Waals surface area contributed by atoms with Crippen molar-refractivity contribution in [2.45, 2.75) is 25.5 Å². The fraction of sp³-hybridized carbons (Fsp3) is 0.348. The molecule has 0 aliphatic rings. The summed E-state index contributed by atoms with van der Waals surface area (Å²) in [5, 5.41) is 7.31. The lowest BCUT2D eigenvalue weighted by molar-refractivity contribution is 0.592. The molecule has 3 N–H and O–H groups in total. The van der Waals surface area contributed by atoms with Crippen LogP contribution in [-0.2, 0) is 22.0 Å². The lowest BCUT2D eigenvalue weighted by Gasteiger charge is -2.11. The highest BCUT2D eigenvalue weighted by Crippen LogP contribution is 2.19. The summed E-state index contributed by atoms with van der Waals surface area (Å²) in [6.45, 7) is 3.73. The summed E-state index contributed by atoms with van der Waals surface area (Å²) in [7, 11) is -3.16. The largest absolute Gasteiger partial charge is 0.361 e. The van der Waals surface area contributed by atoms with Crippen LogP contribution in [0, 0.1) is 5.82 Å². The molecule has 0 fully saturated rings. The summed E-state index contributed by atoms with van der Waals surface area (Å²) in [6.07, 6.45) is 3.07. The van der Waals surface area contributed by atoms with Crippen LogP contribution in [0.2, 0.25) is 0 Å². The molecule has 0 radical (unpaired) electrons. The average molecular weight is 445 g/mol. The molecular weight excluding hydrogens is 415 g/mol. The van der Waals surface area contributed by atoms with Gasteiger partial charge in [0.2, 0.25) is 0 Å². The van der Waals surface area contributed by atoms with Crippen LogP contribution in [0.3, 0.4) is 0 Å². The summed E-state index contributed by atoms with van der Waals surface area (Å²) < 4.78 is 38.1. The molecule has 0 saturated carbocycles. The van der Waals surface area contributed by atoms with Gasteiger partial charge in [-0.15, -0.1) is 0 Å². The highest BCUT2D eigenvalue weighted by atomic mass is 32.2. The number of nitrogens with zero attached hydrogens (tertiary/aromatic N) is 1. The molecule has 1 heterocycles. The van der Waals surface area contributed by atoms with Gasteiger partial charge in [0.1, 0.15) is 5.82 Å². The third kappa shape index (κ3) is 7.10. The van der Waals surface area contributed by atoms with E-state index in [1.165, 1.54) is 12.1 Å². The molecular formula is C23H29FN4O2S. The summed E-state index contributed by atoms with van der Waals surface area (Å²) in [4.78, 5) is 7.64. The maximum absolute atomic E-state index is 13.5. The fourth-order valence-corrected chi connectivity index (χ4v) is 4.80. The van der Waals surface area contributed by atoms with E-state index in [1.54, 1.807) is 6.07 Å². The maximum Gasteiger partial charge on any atom is 0.191 e. The predicted octanol–water partition coefficient (Wildman–Crippen LogP) is 3.41. The first-order valence-electron chi connectivity index (χ1n) is 10.5. The number of halogens is 1. The van der Waals surface area contributed by atoms with Crippen LogP contribution in [0.25, 0.3) is 10.9 Å². The number of hydrogen-bond acceptors (Lipinski definition) is 3. The molecule has 0 spiro atoms. The second-order valence-electron chi connectivity index (χ2n) is 7.37. The average Bonchev–Trinajstić information content (AvgIpc) is 3.13. The Kier molecular flexibility index (Phi) is 8.06. The van der Waals surface area contributed by atoms with Gasteiger partial charge in [0.05, 0.1) is 11.5 Å². The van der Waals surface area contributed by atoms with Crippen molar-refractivity contribution in [3.63, 3.8) is 0 Å². The van der Waals surface area contributed by atoms with Gasteiger partial charge in [-0.25, -0.2) is 12.8 Å². The first-order chi connectivity index (χ1) is 15.0. The van der Waals surface area contributed by atoms with E-state index in [9.17, 15) is 12.8 Å². The Balaban J connectivity index is 1.47. The molecule has 0 aliphatic carbocycles. The molecule has 1 aromatic heterocycles. The highest BCUT2D eigenvalue weighted by molar-refractivity contribution is 7.90. The zero-order chi connectivity index (χ0) is 22.1. The smallest absolute Gasteiger partial charge is 0.191 e. The molecule has 0 amide bonds. The van der Waals surface area contributed by atoms with E-state index >= 15 is 0 Å². The molecule has 0 aliphatic heterocycles. The van der Waals surface area contributed by atoms with Crippen molar-refractivity contribution in [1.82, 2.24) is 15.6 Å². The minimum Gasteiger partial charge on any atom is -0.361 e. The molecule has 0 saturated heterocycles. The van der Waals surface area contributed by atoms with Gasteiger partial charge in [-0.2, -0.15) is 0 Å². The molecule has 0 unspecified atom stereocenters. The molecule has 0 atom stereocenters. The van der Waals surface area contributed by atoms with Crippen molar-refractivity contribution in [2.75, 3.05) is 25.4 Å². The van der Waals surface area contributed by atoms with Crippen molar-refractivity contribution in [1.29, 1.82) is 0 Å². The number of aromatic nitrogens is 1. The lowest BCUT2D eigenvalue weighted by Crippen LogP contribution is -2.38. The van der Waals surface area contributed by atoms with Gasteiger partial charge >= 0.3 is 0 Å². The van der Waals surface area contributed by atoms with Crippen molar-refractivity contribution in [3.05, 3.63) is 71.7 Å². The topological polar surface area (TPSA) is 86.3 Å². The van der Waals surface area contributed by atoms with E-state index in [-0.39, 0.29) is 17.3 Å². The van der Waals surface area contributed by atoms with Gasteiger partial charge < -0.3 is 15.6 Å². The molecule has 3 rings (SSSR count). The number of hydrogen-bond donors (Lipinski definition) is 3. The molecule has 3 aromatic rings. The number of nitrogens with one attached hydrogen (secondary N) is 3. The number of guanidine groups is 1. The number of aromatic amines is 1. The second kappa shape index (κ2) is 10.9. The summed E-state index contributed by atoms with van der Waals surface area (Å²) in [6, 6.07) is 13.9. The van der Waals surface area contributed by atoms with Crippen molar-refractivity contribution in [2.24, 2.45) is 4.99 Å². The molecule has 0 bridgehead atoms. The lowest BCUT2D eigenvalue weighted by atomic mass is 10.1. The van der Waals surface area contributed by atoms with E-state index < -0.39 is 9.84 Å². The van der Waals surface area contributed by atoms with Crippen LogP contribution >= 0.6 is 0 Å². The van der Waals surface area contributed by atoms with Gasteiger partial charge in [-0.1, -0.05) is 30.3 Å². The zero-order valence-electron chi connectivity index (χ0n) is 17.7. The third-order valence-corrected chi connectivity index (χ3v) is 6.56. The molecule has 31 heavy (non-hydrogen) atoms. The quantitative estimate of drug-likeness (QED) is 0.254. The van der Waals surface area contributed by atoms with E-state index in [4.69, 9.17) is 0 Å². The Hall–Kier alpha value is -2.87. The summed E-state index contributed by atoms with van der Waals surface area (Å²) in [5.41, 5.74) is 2.75. The van der Waals surface area contributed by atoms with Gasteiger partial charge in [0.25, 0.3) is 0 Å². The van der Waals surface area contributed by atoms with Crippen LogP contribution in [0.4, 0.5) is 4.39 Å². The van der Waals surface area contributed by atoms with Crippen LogP contribution in [0.5, 0.6) is 0 Å². The van der Waals surface area contributed by atoms with E-state index in [0.29, 0.717) is 38.4 Å². The first kappa shape index (κ1) is 22.8. The number of benzene rings is 2. The van der Waals surface area contributed by atoms with Crippen molar-refractivity contribution < 1.29 is 12.8 Å². The zero-order valence-corrected chi connectivity index (χ0v) is 18.5. The molecule has 6 nitrogen and oxygen atoms in total. The number of fused-ring (bicyclic) bond motifs is 1. The SMILES string of the molecule is CCNC(=NCCCS(=O)(=O)Cc1ccccc1)NCCc1c[nH]c2ccc(F)cc12. The van der Waals surface area contributed by atoms with E-state index in [1.807, 2.05) is 43.5 Å². The monoisotopic (exact) mass is 444 g/mol. The highest BCUT2D eigenvalue weighted by Gasteiger charge is 2.11. The number of rotatable bonds is 10. The maximum atomic E-state index is 13.5. The first-order valence-corrected chi connectivity index (χ1v) is 12.3. The number of aliphatic imine (C=N–C) groups is 1. The Morgan fingerprint density at radius 2 is 1.94 bits per heavy atom. The van der Waals surface area contributed by atoms with Crippen molar-refractivity contribution >= 4 is 26.7 Å². The van der Waals surface area contributed by atoms with Gasteiger partial charge in [0, 0.05) is 36.7 Å². The van der Waals surface area contributed by atoms with Crippen LogP contribution in [-0.4, -0.2) is 44.7 Å². The molecule has 166 valence electrons. The van der Waals surface area contributed by atoms with Crippen LogP contribution in [0.1, 0.15) is 24.5 Å². The Bertz CT molecular complexity index is 1110. The molecule has 8 heteroatoms. The Labute approximate surface area is 182 Å². The van der Waals surface area contributed by atoms with Gasteiger partial charge in [0.15, 0.2) is 15.8 Å². The normalized spacial score (nSPS) is 12.3. The molecule has 2 aromatic carbocycles. The van der Waals surface area contributed by atoms with Crippen molar-refractivity contribution in [3.8, 4) is 0 Å². The van der Waals surface area contributed by atoms with E-state index in [0.717, 1.165) is 22.0 Å². The fourth-order valence-electron chi connectivity index (χ4n) is 3.39. The second-order valence-corrected chi connectivity index (χ2v) is 9.56. The third-order valence-electron chi connectivity index (χ3n) is 4.87. The number of sulfone groups is 1. The standard InChI is InChI=1S/C23H29FN4O2S/c1-2-25-23(26-12-6-14-31(29,30)17-18-7-4-3-5-8-18)27-13-11-19-16-28-22-10-9-20(24)15-21(19)22/h3-5,7-10,15-16,28H,2,6,11-14,17H2,1H3,(H2,25,26,27). The minimum absolute atomic E-state index is 0.0566. The predicted molar refractivity (Wildman–Crippen MR) is 124 cm³/mol. The van der Waals surface area contributed by atoms with Gasteiger partial charge in [-0.3, -0.25) is 4.99 Å². The summed E-state index contributed by atoms with van der Waals surface area (Å²) in [5.74, 6) is 0.555. The van der Waals surface area contributed by atoms with Crippen LogP contribution < -0.4 is 10.6 Å². The number of H-pyrrole nitrogens is 1. The van der Waals surface area contributed by atoms with Gasteiger partial charge in [-0.05, 0) is 49.1 Å². The van der Waals surface area contributed by atoms with Crippen LogP contribution in [0.15, 0.2) is 59.7 Å². The van der Waals surface area contributed by atoms with E-state index in [2.05, 4.69) is 20.6 Å². The Morgan fingerprint density at radius 3 is 2.71 bits per heavy atom. The minimum atomic E-state index is -3.16. The Morgan fingerprint density at radius 1 is 1.13 bits per heavy atom.